The lowest BCUT2D eigenvalue weighted by Gasteiger charge is -2.37. The monoisotopic (exact) mass is 495 g/mol. The molecule has 182 valence electrons. The number of benzene rings is 3. The first-order valence-corrected chi connectivity index (χ1v) is 12.0. The molecule has 35 heavy (non-hydrogen) atoms. The van der Waals surface area contributed by atoms with Crippen molar-refractivity contribution in [1.82, 2.24) is 4.90 Å². The van der Waals surface area contributed by atoms with E-state index in [2.05, 4.69) is 4.90 Å². The summed E-state index contributed by atoms with van der Waals surface area (Å²) in [7, 11) is 0. The Kier molecular flexibility index (Phi) is 6.58. The number of fused-ring (bicyclic) bond motifs is 1. The second-order valence-corrected chi connectivity index (χ2v) is 9.49. The van der Waals surface area contributed by atoms with Gasteiger partial charge in [-0.15, -0.1) is 0 Å². The van der Waals surface area contributed by atoms with E-state index in [4.69, 9.17) is 21.1 Å². The Labute approximate surface area is 209 Å². The lowest BCUT2D eigenvalue weighted by molar-refractivity contribution is 0.0668. The minimum atomic E-state index is -0.473. The Morgan fingerprint density at radius 1 is 1.00 bits per heavy atom. The Morgan fingerprint density at radius 3 is 2.40 bits per heavy atom. The van der Waals surface area contributed by atoms with Crippen molar-refractivity contribution < 1.29 is 24.1 Å². The Bertz CT molecular complexity index is 1250. The predicted molar refractivity (Wildman–Crippen MR) is 135 cm³/mol. The maximum absolute atomic E-state index is 12.6. The molecule has 1 unspecified atom stereocenters. The summed E-state index contributed by atoms with van der Waals surface area (Å²) in [4.78, 5) is 2.18. The molecule has 2 aliphatic rings. The molecule has 2 aliphatic heterocycles. The zero-order valence-electron chi connectivity index (χ0n) is 19.4. The van der Waals surface area contributed by atoms with Crippen molar-refractivity contribution in [1.29, 1.82) is 0 Å². The fourth-order valence-corrected chi connectivity index (χ4v) is 4.95. The van der Waals surface area contributed by atoms with Crippen molar-refractivity contribution in [3.05, 3.63) is 82.4 Å². The molecule has 0 aliphatic carbocycles. The second kappa shape index (κ2) is 9.80. The molecule has 0 saturated carbocycles. The minimum absolute atomic E-state index is 0.106. The van der Waals surface area contributed by atoms with Gasteiger partial charge in [-0.25, -0.2) is 0 Å². The van der Waals surface area contributed by atoms with E-state index in [1.165, 1.54) is 0 Å². The quantitative estimate of drug-likeness (QED) is 0.415. The van der Waals surface area contributed by atoms with E-state index in [1.54, 1.807) is 36.4 Å². The summed E-state index contributed by atoms with van der Waals surface area (Å²) in [5, 5.41) is 20.7. The number of nitrogens with zero attached hydrogens (tertiary/aromatic N) is 1. The molecule has 3 aromatic rings. The predicted octanol–water partition coefficient (Wildman–Crippen LogP) is 6.10. The van der Waals surface area contributed by atoms with Gasteiger partial charge in [0.05, 0.1) is 6.67 Å². The molecule has 0 spiro atoms. The lowest BCUT2D eigenvalue weighted by Crippen LogP contribution is -2.49. The van der Waals surface area contributed by atoms with Gasteiger partial charge in [-0.2, -0.15) is 0 Å². The number of halogens is 2. The third kappa shape index (κ3) is 4.81. The molecule has 1 saturated heterocycles. The van der Waals surface area contributed by atoms with Crippen LogP contribution in [0.4, 0.5) is 4.39 Å². The molecule has 0 bridgehead atoms. The number of likely N-dealkylation sites (tertiary alicyclic amines) is 1. The second-order valence-electron chi connectivity index (χ2n) is 9.08. The van der Waals surface area contributed by atoms with E-state index in [0.29, 0.717) is 22.9 Å². The molecule has 5 nitrogen and oxygen atoms in total. The van der Waals surface area contributed by atoms with Gasteiger partial charge in [-0.3, -0.25) is 9.29 Å². The van der Waals surface area contributed by atoms with Crippen LogP contribution in [0.5, 0.6) is 23.0 Å². The molecule has 3 aromatic carbocycles. The molecular weight excluding hydrogens is 469 g/mol. The highest BCUT2D eigenvalue weighted by atomic mass is 35.5. The van der Waals surface area contributed by atoms with E-state index in [-0.39, 0.29) is 24.1 Å². The fraction of sp³-hybridized carbons (Fsp3) is 0.286. The number of hydrogen-bond donors (Lipinski definition) is 2. The normalized spacial score (nSPS) is 18.1. The summed E-state index contributed by atoms with van der Waals surface area (Å²) in [5.41, 5.74) is 4.07. The summed E-state index contributed by atoms with van der Waals surface area (Å²) in [6, 6.07) is 17.6. The molecule has 0 aromatic heterocycles. The molecule has 0 radical (unpaired) electrons. The van der Waals surface area contributed by atoms with Gasteiger partial charge in [0, 0.05) is 47.3 Å². The van der Waals surface area contributed by atoms with E-state index in [0.717, 1.165) is 47.7 Å². The number of phenolic OH excluding ortho intramolecular Hbond substituents is 2. The van der Waals surface area contributed by atoms with Gasteiger partial charge in [0.15, 0.2) is 0 Å². The van der Waals surface area contributed by atoms with Crippen LogP contribution in [0.15, 0.2) is 60.7 Å². The highest BCUT2D eigenvalue weighted by Gasteiger charge is 2.31. The van der Waals surface area contributed by atoms with Crippen molar-refractivity contribution in [2.45, 2.75) is 13.0 Å². The highest BCUT2D eigenvalue weighted by Crippen LogP contribution is 2.49. The van der Waals surface area contributed by atoms with Crippen LogP contribution in [-0.4, -0.2) is 48.0 Å². The van der Waals surface area contributed by atoms with Crippen LogP contribution in [-0.2, 0) is 0 Å². The number of alkyl halides is 1. The molecule has 0 amide bonds. The van der Waals surface area contributed by atoms with Gasteiger partial charge < -0.3 is 19.7 Å². The van der Waals surface area contributed by atoms with E-state index < -0.39 is 6.10 Å². The Morgan fingerprint density at radius 2 is 1.69 bits per heavy atom. The van der Waals surface area contributed by atoms with Crippen molar-refractivity contribution in [2.24, 2.45) is 5.92 Å². The summed E-state index contributed by atoms with van der Waals surface area (Å²) in [6.07, 6.45) is -0.473. The van der Waals surface area contributed by atoms with Crippen molar-refractivity contribution in [2.75, 3.05) is 32.9 Å². The maximum atomic E-state index is 12.6. The number of allylic oxidation sites excluding steroid dienone is 1. The average molecular weight is 496 g/mol. The van der Waals surface area contributed by atoms with E-state index >= 15 is 0 Å². The lowest BCUT2D eigenvalue weighted by atomic mass is 9.86. The summed E-state index contributed by atoms with van der Waals surface area (Å²) in [5.74, 6) is 1.83. The topological polar surface area (TPSA) is 62.2 Å². The van der Waals surface area contributed by atoms with Crippen LogP contribution >= 0.6 is 11.6 Å². The Balaban J connectivity index is 1.41. The molecule has 2 N–H and O–H groups in total. The molecule has 7 heteroatoms. The molecular formula is C28H27ClFNO4. The number of hydrogen-bond acceptors (Lipinski definition) is 5. The summed E-state index contributed by atoms with van der Waals surface area (Å²) in [6.45, 7) is 4.61. The summed E-state index contributed by atoms with van der Waals surface area (Å²) >= 11 is 6.55. The molecule has 1 atom stereocenters. The van der Waals surface area contributed by atoms with Crippen LogP contribution < -0.4 is 9.47 Å². The first kappa shape index (κ1) is 23.5. The molecule has 2 heterocycles. The van der Waals surface area contributed by atoms with Gasteiger partial charge in [-0.1, -0.05) is 23.7 Å². The van der Waals surface area contributed by atoms with Gasteiger partial charge in [0.2, 0.25) is 0 Å². The number of phenols is 2. The van der Waals surface area contributed by atoms with Gasteiger partial charge in [0.1, 0.15) is 35.7 Å². The number of rotatable bonds is 7. The third-order valence-electron chi connectivity index (χ3n) is 6.63. The number of ether oxygens (including phenoxy) is 2. The van der Waals surface area contributed by atoms with Crippen molar-refractivity contribution in [3.63, 3.8) is 0 Å². The fourth-order valence-electron chi connectivity index (χ4n) is 4.73. The minimum Gasteiger partial charge on any atom is -0.508 e. The van der Waals surface area contributed by atoms with E-state index in [1.807, 2.05) is 31.2 Å². The maximum Gasteiger partial charge on any atom is 0.150 e. The molecule has 1 fully saturated rings. The van der Waals surface area contributed by atoms with Crippen LogP contribution in [0, 0.1) is 5.92 Å². The van der Waals surface area contributed by atoms with Gasteiger partial charge >= 0.3 is 0 Å². The Hall–Kier alpha value is -3.22. The van der Waals surface area contributed by atoms with Crippen LogP contribution in [0.25, 0.3) is 11.1 Å². The third-order valence-corrected chi connectivity index (χ3v) is 6.96. The first-order valence-electron chi connectivity index (χ1n) is 11.6. The average Bonchev–Trinajstić information content (AvgIpc) is 2.83. The first-order chi connectivity index (χ1) is 16.9. The van der Waals surface area contributed by atoms with Crippen LogP contribution in [0.3, 0.4) is 0 Å². The largest absolute Gasteiger partial charge is 0.508 e. The smallest absolute Gasteiger partial charge is 0.150 e. The van der Waals surface area contributed by atoms with Gasteiger partial charge in [0.25, 0.3) is 0 Å². The standard InChI is InChI=1S/C28H27ClFNO4/c1-17-23-12-21(33)5-9-26(23)35-28(27(17)24-13-20(32)4-8-25(24)29)19-2-6-22(7-3-19)34-11-10-31-15-18(14-30)16-31/h2-9,12-13,18,28,32-33H,10-11,14-16H2,1H3. The number of aromatic hydroxyl groups is 2. The van der Waals surface area contributed by atoms with Gasteiger partial charge in [-0.05, 0) is 66.6 Å². The van der Waals surface area contributed by atoms with Crippen LogP contribution in [0.2, 0.25) is 5.02 Å². The zero-order valence-corrected chi connectivity index (χ0v) is 20.1. The zero-order chi connectivity index (χ0) is 24.5. The van der Waals surface area contributed by atoms with Crippen molar-refractivity contribution >= 4 is 22.7 Å². The van der Waals surface area contributed by atoms with E-state index in [9.17, 15) is 14.6 Å². The summed E-state index contributed by atoms with van der Waals surface area (Å²) < 4.78 is 24.9. The van der Waals surface area contributed by atoms with Crippen LogP contribution in [0.1, 0.15) is 29.7 Å². The highest BCUT2D eigenvalue weighted by molar-refractivity contribution is 6.32. The SMILES string of the molecule is CC1=C(c2cc(O)ccc2Cl)C(c2ccc(OCCN3CC(CF)C3)cc2)Oc2ccc(O)cc21. The van der Waals surface area contributed by atoms with Crippen molar-refractivity contribution in [3.8, 4) is 23.0 Å². The molecule has 5 rings (SSSR count).